The molecule has 1 amide bonds. The fraction of sp³-hybridized carbons (Fsp3) is 0.400. The van der Waals surface area contributed by atoms with Crippen molar-refractivity contribution in [1.29, 1.82) is 0 Å². The van der Waals surface area contributed by atoms with Crippen LogP contribution in [0.4, 0.5) is 20.7 Å². The first-order chi connectivity index (χ1) is 12.0. The zero-order valence-corrected chi connectivity index (χ0v) is 13.6. The molecule has 1 aromatic heterocycles. The fourth-order valence-electron chi connectivity index (χ4n) is 2.61. The van der Waals surface area contributed by atoms with Gasteiger partial charge in [0.15, 0.2) is 17.7 Å². The molecule has 10 heteroatoms. The zero-order chi connectivity index (χ0) is 18.0. The molecule has 134 valence electrons. The summed E-state index contributed by atoms with van der Waals surface area (Å²) in [7, 11) is 0. The van der Waals surface area contributed by atoms with Gasteiger partial charge in [-0.3, -0.25) is 4.79 Å². The van der Waals surface area contributed by atoms with E-state index in [-0.39, 0.29) is 17.6 Å². The largest absolute Gasteiger partial charge is 0.478 e. The second kappa shape index (κ2) is 6.91. The van der Waals surface area contributed by atoms with Crippen LogP contribution in [-0.4, -0.2) is 58.3 Å². The van der Waals surface area contributed by atoms with E-state index in [1.165, 1.54) is 19.1 Å². The van der Waals surface area contributed by atoms with Gasteiger partial charge in [0.25, 0.3) is 5.91 Å². The number of nitrogens with two attached hydrogens (primary N) is 1. The van der Waals surface area contributed by atoms with E-state index < -0.39 is 17.7 Å². The van der Waals surface area contributed by atoms with E-state index in [1.54, 1.807) is 4.90 Å². The number of carbonyl (C=O) groups is 1. The molecule has 25 heavy (non-hydrogen) atoms. The molecule has 0 saturated carbocycles. The molecule has 0 bridgehead atoms. The predicted octanol–water partition coefficient (Wildman–Crippen LogP) is 0.781. The molecule has 3 N–H and O–H groups in total. The Morgan fingerprint density at radius 1 is 1.32 bits per heavy atom. The van der Waals surface area contributed by atoms with Gasteiger partial charge in [-0.1, -0.05) is 6.07 Å². The minimum absolute atomic E-state index is 0.229. The van der Waals surface area contributed by atoms with Gasteiger partial charge in [-0.25, -0.2) is 9.49 Å². The van der Waals surface area contributed by atoms with Crippen molar-refractivity contribution in [2.45, 2.75) is 13.0 Å². The third-order valence-electron chi connectivity index (χ3n) is 3.93. The monoisotopic (exact) mass is 352 g/mol. The number of ether oxygens (including phenoxy) is 1. The molecular formula is C15H18F2N6O2. The number of rotatable bonds is 4. The van der Waals surface area contributed by atoms with Crippen LogP contribution in [0.5, 0.6) is 5.75 Å². The van der Waals surface area contributed by atoms with Crippen LogP contribution >= 0.6 is 0 Å². The number of carbonyl (C=O) groups excluding carboxylic acids is 1. The summed E-state index contributed by atoms with van der Waals surface area (Å²) in [6, 6.07) is 3.60. The maximum atomic E-state index is 13.6. The summed E-state index contributed by atoms with van der Waals surface area (Å²) >= 11 is 0. The first kappa shape index (κ1) is 16.9. The number of amides is 1. The number of aromatic nitrogens is 3. The third kappa shape index (κ3) is 3.62. The van der Waals surface area contributed by atoms with Crippen LogP contribution in [0.1, 0.15) is 6.92 Å². The molecule has 0 radical (unpaired) electrons. The van der Waals surface area contributed by atoms with Gasteiger partial charge in [-0.15, -0.1) is 5.10 Å². The Morgan fingerprint density at radius 3 is 2.68 bits per heavy atom. The average Bonchev–Trinajstić information content (AvgIpc) is 3.05. The summed E-state index contributed by atoms with van der Waals surface area (Å²) in [6.45, 7) is 3.45. The highest BCUT2D eigenvalue weighted by Gasteiger charge is 2.28. The molecular weight excluding hydrogens is 334 g/mol. The van der Waals surface area contributed by atoms with Crippen molar-refractivity contribution in [3.63, 3.8) is 0 Å². The van der Waals surface area contributed by atoms with E-state index in [9.17, 15) is 13.6 Å². The van der Waals surface area contributed by atoms with Gasteiger partial charge in [0.2, 0.25) is 17.7 Å². The van der Waals surface area contributed by atoms with Gasteiger partial charge in [-0.05, 0) is 19.1 Å². The lowest BCUT2D eigenvalue weighted by Crippen LogP contribution is -2.52. The average molecular weight is 352 g/mol. The lowest BCUT2D eigenvalue weighted by atomic mass is 10.2. The summed E-state index contributed by atoms with van der Waals surface area (Å²) in [4.78, 5) is 20.0. The van der Waals surface area contributed by atoms with Gasteiger partial charge in [0.05, 0.1) is 0 Å². The van der Waals surface area contributed by atoms with Gasteiger partial charge in [0.1, 0.15) is 0 Å². The zero-order valence-electron chi connectivity index (χ0n) is 13.6. The van der Waals surface area contributed by atoms with Crippen LogP contribution in [0.25, 0.3) is 0 Å². The Hall–Kier alpha value is -2.91. The summed E-state index contributed by atoms with van der Waals surface area (Å²) < 4.78 is 32.2. The number of nitrogens with zero attached hydrogens (tertiary/aromatic N) is 4. The van der Waals surface area contributed by atoms with Crippen molar-refractivity contribution in [2.24, 2.45) is 0 Å². The maximum absolute atomic E-state index is 13.6. The lowest BCUT2D eigenvalue weighted by molar-refractivity contribution is -0.138. The summed E-state index contributed by atoms with van der Waals surface area (Å²) in [5, 5.41) is 6.54. The quantitative estimate of drug-likeness (QED) is 0.843. The van der Waals surface area contributed by atoms with E-state index in [4.69, 9.17) is 10.5 Å². The van der Waals surface area contributed by atoms with Crippen LogP contribution in [0.15, 0.2) is 18.2 Å². The highest BCUT2D eigenvalue weighted by atomic mass is 19.2. The molecule has 0 aliphatic carbocycles. The Morgan fingerprint density at radius 2 is 2.04 bits per heavy atom. The van der Waals surface area contributed by atoms with Crippen molar-refractivity contribution < 1.29 is 18.3 Å². The minimum atomic E-state index is -1.10. The molecule has 1 aliphatic rings. The predicted molar refractivity (Wildman–Crippen MR) is 86.0 cm³/mol. The number of hydrogen-bond acceptors (Lipinski definition) is 6. The molecule has 2 heterocycles. The highest BCUT2D eigenvalue weighted by Crippen LogP contribution is 2.21. The molecule has 8 nitrogen and oxygen atoms in total. The summed E-state index contributed by atoms with van der Waals surface area (Å²) in [5.41, 5.74) is 5.50. The first-order valence-electron chi connectivity index (χ1n) is 7.78. The van der Waals surface area contributed by atoms with Crippen LogP contribution in [0, 0.1) is 11.6 Å². The number of halogens is 2. The Kier molecular flexibility index (Phi) is 4.68. The third-order valence-corrected chi connectivity index (χ3v) is 3.93. The Labute approximate surface area is 142 Å². The molecule has 1 atom stereocenters. The number of H-pyrrole nitrogens is 1. The number of piperazine rings is 1. The SMILES string of the molecule is CC(Oc1cccc(F)c1F)C(=O)N1CCN(c2n[nH]c(N)n2)CC1. The smallest absolute Gasteiger partial charge is 0.263 e. The van der Waals surface area contributed by atoms with Crippen LogP contribution in [0.2, 0.25) is 0 Å². The van der Waals surface area contributed by atoms with Gasteiger partial charge >= 0.3 is 0 Å². The summed E-state index contributed by atoms with van der Waals surface area (Å²) in [5.74, 6) is -1.98. The van der Waals surface area contributed by atoms with E-state index in [0.717, 1.165) is 6.07 Å². The number of nitrogens with one attached hydrogen (secondary N) is 1. The highest BCUT2D eigenvalue weighted by molar-refractivity contribution is 5.81. The fourth-order valence-corrected chi connectivity index (χ4v) is 2.61. The molecule has 1 unspecified atom stereocenters. The molecule has 3 rings (SSSR count). The Balaban J connectivity index is 1.57. The molecule has 0 spiro atoms. The summed E-state index contributed by atoms with van der Waals surface area (Å²) in [6.07, 6.45) is -0.929. The van der Waals surface area contributed by atoms with E-state index >= 15 is 0 Å². The van der Waals surface area contributed by atoms with Crippen molar-refractivity contribution in [3.8, 4) is 5.75 Å². The molecule has 1 aromatic carbocycles. The van der Waals surface area contributed by atoms with Crippen LogP contribution in [-0.2, 0) is 4.79 Å². The normalized spacial score (nSPS) is 16.0. The van der Waals surface area contributed by atoms with E-state index in [1.807, 2.05) is 4.90 Å². The van der Waals surface area contributed by atoms with Crippen molar-refractivity contribution in [1.82, 2.24) is 20.1 Å². The molecule has 1 fully saturated rings. The first-order valence-corrected chi connectivity index (χ1v) is 7.78. The Bertz CT molecular complexity index is 760. The van der Waals surface area contributed by atoms with Crippen LogP contribution in [0.3, 0.4) is 0 Å². The topological polar surface area (TPSA) is 100 Å². The van der Waals surface area contributed by atoms with Gasteiger partial charge in [-0.2, -0.15) is 9.37 Å². The van der Waals surface area contributed by atoms with Crippen LogP contribution < -0.4 is 15.4 Å². The van der Waals surface area contributed by atoms with Crippen molar-refractivity contribution in [2.75, 3.05) is 36.8 Å². The number of benzene rings is 1. The van der Waals surface area contributed by atoms with E-state index in [0.29, 0.717) is 32.1 Å². The number of hydrogen-bond donors (Lipinski definition) is 2. The second-order valence-electron chi connectivity index (χ2n) is 5.65. The van der Waals surface area contributed by atoms with Gasteiger partial charge in [0, 0.05) is 26.2 Å². The number of aromatic amines is 1. The number of anilines is 2. The lowest BCUT2D eigenvalue weighted by Gasteiger charge is -2.35. The van der Waals surface area contributed by atoms with E-state index in [2.05, 4.69) is 15.2 Å². The molecule has 1 aliphatic heterocycles. The van der Waals surface area contributed by atoms with Crippen molar-refractivity contribution in [3.05, 3.63) is 29.8 Å². The standard InChI is InChI=1S/C15H18F2N6O2/c1-9(25-11-4-2-3-10(16)12(11)17)13(24)22-5-7-23(8-6-22)15-19-14(18)20-21-15/h2-4,9H,5-8H2,1H3,(H3,18,19,20,21). The minimum Gasteiger partial charge on any atom is -0.478 e. The molecule has 1 saturated heterocycles. The molecule has 2 aromatic rings. The van der Waals surface area contributed by atoms with Gasteiger partial charge < -0.3 is 20.3 Å². The maximum Gasteiger partial charge on any atom is 0.263 e. The second-order valence-corrected chi connectivity index (χ2v) is 5.65. The number of nitrogen functional groups attached to an aromatic ring is 1. The van der Waals surface area contributed by atoms with Crippen molar-refractivity contribution >= 4 is 17.8 Å².